The molecule has 0 aromatic heterocycles. The van der Waals surface area contributed by atoms with E-state index in [4.69, 9.17) is 19.3 Å². The Morgan fingerprint density at radius 3 is 1.83 bits per heavy atom. The lowest BCUT2D eigenvalue weighted by Crippen LogP contribution is -2.32. The van der Waals surface area contributed by atoms with Crippen LogP contribution in [0.4, 0.5) is 0 Å². The van der Waals surface area contributed by atoms with E-state index in [-0.39, 0.29) is 5.92 Å². The van der Waals surface area contributed by atoms with Crippen LogP contribution in [0.3, 0.4) is 0 Å². The topological polar surface area (TPSA) is 65.0 Å². The van der Waals surface area contributed by atoms with Gasteiger partial charge in [0.1, 0.15) is 17.2 Å². The van der Waals surface area contributed by atoms with Crippen molar-refractivity contribution in [3.8, 4) is 17.2 Å². The third-order valence-electron chi connectivity index (χ3n) is 2.44. The van der Waals surface area contributed by atoms with Gasteiger partial charge in [-0.1, -0.05) is 13.8 Å². The van der Waals surface area contributed by atoms with Crippen molar-refractivity contribution in [2.24, 2.45) is 5.92 Å². The zero-order valence-electron chi connectivity index (χ0n) is 11.0. The van der Waals surface area contributed by atoms with Crippen LogP contribution in [0, 0.1) is 5.92 Å². The molecule has 0 saturated heterocycles. The SMILES string of the molecule is COc1cc(OC)cc(OC(C(=O)O)C(C)C)c1. The van der Waals surface area contributed by atoms with Crippen molar-refractivity contribution in [3.63, 3.8) is 0 Å². The molecule has 0 fully saturated rings. The van der Waals surface area contributed by atoms with Crippen LogP contribution in [0.5, 0.6) is 17.2 Å². The Hall–Kier alpha value is -1.91. The second-order valence-corrected chi connectivity index (χ2v) is 4.17. The van der Waals surface area contributed by atoms with Gasteiger partial charge in [-0.15, -0.1) is 0 Å². The summed E-state index contributed by atoms with van der Waals surface area (Å²) in [5.74, 6) is 0.383. The Morgan fingerprint density at radius 1 is 1.06 bits per heavy atom. The van der Waals surface area contributed by atoms with Gasteiger partial charge >= 0.3 is 5.97 Å². The summed E-state index contributed by atoms with van der Waals surface area (Å²) >= 11 is 0. The highest BCUT2D eigenvalue weighted by Gasteiger charge is 2.23. The third kappa shape index (κ3) is 3.55. The monoisotopic (exact) mass is 254 g/mol. The summed E-state index contributed by atoms with van der Waals surface area (Å²) in [6.45, 7) is 3.58. The van der Waals surface area contributed by atoms with Gasteiger partial charge in [0.05, 0.1) is 14.2 Å². The first-order chi connectivity index (χ1) is 8.47. The Balaban J connectivity index is 2.98. The number of carboxylic acids is 1. The van der Waals surface area contributed by atoms with E-state index in [0.717, 1.165) is 0 Å². The normalized spacial score (nSPS) is 12.1. The molecule has 0 bridgehead atoms. The van der Waals surface area contributed by atoms with Crippen LogP contribution in [0.1, 0.15) is 13.8 Å². The standard InChI is InChI=1S/C13H18O5/c1-8(2)12(13(14)15)18-11-6-9(16-3)5-10(7-11)17-4/h5-8,12H,1-4H3,(H,14,15). The molecule has 1 aromatic carbocycles. The summed E-state index contributed by atoms with van der Waals surface area (Å²) < 4.78 is 15.6. The fourth-order valence-electron chi connectivity index (χ4n) is 1.47. The van der Waals surface area contributed by atoms with Crippen LogP contribution in [0.2, 0.25) is 0 Å². The zero-order valence-corrected chi connectivity index (χ0v) is 11.0. The van der Waals surface area contributed by atoms with Gasteiger partial charge in [-0.2, -0.15) is 0 Å². The molecule has 0 aliphatic heterocycles. The number of hydrogen-bond donors (Lipinski definition) is 1. The second-order valence-electron chi connectivity index (χ2n) is 4.17. The first kappa shape index (κ1) is 14.2. The molecule has 1 aromatic rings. The highest BCUT2D eigenvalue weighted by Crippen LogP contribution is 2.28. The fourth-order valence-corrected chi connectivity index (χ4v) is 1.47. The van der Waals surface area contributed by atoms with E-state index in [1.54, 1.807) is 32.0 Å². The second kappa shape index (κ2) is 6.14. The molecule has 1 rings (SSSR count). The minimum Gasteiger partial charge on any atom is -0.496 e. The van der Waals surface area contributed by atoms with Crippen LogP contribution >= 0.6 is 0 Å². The Labute approximate surface area is 106 Å². The Morgan fingerprint density at radius 2 is 1.50 bits per heavy atom. The molecule has 1 atom stereocenters. The predicted octanol–water partition coefficient (Wildman–Crippen LogP) is 2.19. The smallest absolute Gasteiger partial charge is 0.345 e. The maximum Gasteiger partial charge on any atom is 0.345 e. The molecule has 0 aliphatic rings. The minimum absolute atomic E-state index is 0.139. The van der Waals surface area contributed by atoms with Crippen LogP contribution < -0.4 is 14.2 Å². The molecule has 0 aliphatic carbocycles. The number of carboxylic acid groups (broad SMARTS) is 1. The molecule has 0 saturated carbocycles. The predicted molar refractivity (Wildman–Crippen MR) is 66.4 cm³/mol. The van der Waals surface area contributed by atoms with Crippen LogP contribution in [0.25, 0.3) is 0 Å². The lowest BCUT2D eigenvalue weighted by atomic mass is 10.1. The van der Waals surface area contributed by atoms with Gasteiger partial charge in [0.25, 0.3) is 0 Å². The summed E-state index contributed by atoms with van der Waals surface area (Å²) in [6, 6.07) is 4.94. The summed E-state index contributed by atoms with van der Waals surface area (Å²) in [5.41, 5.74) is 0. The van der Waals surface area contributed by atoms with Crippen molar-refractivity contribution in [3.05, 3.63) is 18.2 Å². The molecule has 0 heterocycles. The number of rotatable bonds is 6. The van der Waals surface area contributed by atoms with Crippen molar-refractivity contribution >= 4 is 5.97 Å². The summed E-state index contributed by atoms with van der Waals surface area (Å²) in [6.07, 6.45) is -0.901. The summed E-state index contributed by atoms with van der Waals surface area (Å²) in [7, 11) is 3.05. The molecule has 5 heteroatoms. The number of benzene rings is 1. The van der Waals surface area contributed by atoms with E-state index in [9.17, 15) is 4.79 Å². The molecule has 1 unspecified atom stereocenters. The van der Waals surface area contributed by atoms with E-state index >= 15 is 0 Å². The van der Waals surface area contributed by atoms with E-state index in [0.29, 0.717) is 17.2 Å². The minimum atomic E-state index is -0.994. The van der Waals surface area contributed by atoms with Crippen molar-refractivity contribution < 1.29 is 24.1 Å². The van der Waals surface area contributed by atoms with Crippen LogP contribution in [0.15, 0.2) is 18.2 Å². The molecule has 18 heavy (non-hydrogen) atoms. The van der Waals surface area contributed by atoms with Crippen molar-refractivity contribution in [1.82, 2.24) is 0 Å². The van der Waals surface area contributed by atoms with E-state index < -0.39 is 12.1 Å². The van der Waals surface area contributed by atoms with E-state index in [2.05, 4.69) is 0 Å². The van der Waals surface area contributed by atoms with Crippen LogP contribution in [-0.2, 0) is 4.79 Å². The highest BCUT2D eigenvalue weighted by atomic mass is 16.5. The first-order valence-electron chi connectivity index (χ1n) is 5.60. The fraction of sp³-hybridized carbons (Fsp3) is 0.462. The quantitative estimate of drug-likeness (QED) is 0.843. The molecule has 100 valence electrons. The number of aliphatic carboxylic acids is 1. The molecular weight excluding hydrogens is 236 g/mol. The van der Waals surface area contributed by atoms with E-state index in [1.807, 2.05) is 0 Å². The molecule has 0 amide bonds. The third-order valence-corrected chi connectivity index (χ3v) is 2.44. The number of methoxy groups -OCH3 is 2. The molecule has 5 nitrogen and oxygen atoms in total. The lowest BCUT2D eigenvalue weighted by Gasteiger charge is -2.19. The maximum atomic E-state index is 11.1. The van der Waals surface area contributed by atoms with Gasteiger partial charge < -0.3 is 19.3 Å². The number of hydrogen-bond acceptors (Lipinski definition) is 4. The average Bonchev–Trinajstić information content (AvgIpc) is 2.34. The van der Waals surface area contributed by atoms with Crippen LogP contribution in [-0.4, -0.2) is 31.4 Å². The molecule has 0 radical (unpaired) electrons. The first-order valence-corrected chi connectivity index (χ1v) is 5.60. The number of carbonyl (C=O) groups is 1. The Bertz CT molecular complexity index is 392. The van der Waals surface area contributed by atoms with Crippen molar-refractivity contribution in [1.29, 1.82) is 0 Å². The average molecular weight is 254 g/mol. The molecular formula is C13H18O5. The maximum absolute atomic E-state index is 11.1. The van der Waals surface area contributed by atoms with Gasteiger partial charge in [-0.05, 0) is 0 Å². The van der Waals surface area contributed by atoms with E-state index in [1.165, 1.54) is 14.2 Å². The number of ether oxygens (including phenoxy) is 3. The van der Waals surface area contributed by atoms with Gasteiger partial charge in [0, 0.05) is 24.1 Å². The lowest BCUT2D eigenvalue weighted by molar-refractivity contribution is -0.147. The van der Waals surface area contributed by atoms with Gasteiger partial charge in [0.15, 0.2) is 6.10 Å². The highest BCUT2D eigenvalue weighted by molar-refractivity contribution is 5.73. The van der Waals surface area contributed by atoms with Gasteiger partial charge in [0.2, 0.25) is 0 Å². The van der Waals surface area contributed by atoms with Crippen molar-refractivity contribution in [2.45, 2.75) is 20.0 Å². The largest absolute Gasteiger partial charge is 0.496 e. The summed E-state index contributed by atoms with van der Waals surface area (Å²) in [4.78, 5) is 11.1. The van der Waals surface area contributed by atoms with Crippen molar-refractivity contribution in [2.75, 3.05) is 14.2 Å². The molecule has 1 N–H and O–H groups in total. The van der Waals surface area contributed by atoms with Gasteiger partial charge in [-0.3, -0.25) is 0 Å². The Kier molecular flexibility index (Phi) is 4.83. The summed E-state index contributed by atoms with van der Waals surface area (Å²) in [5, 5.41) is 9.07. The zero-order chi connectivity index (χ0) is 13.7. The van der Waals surface area contributed by atoms with Gasteiger partial charge in [-0.25, -0.2) is 4.79 Å². The molecule has 0 spiro atoms.